The first-order valence-electron chi connectivity index (χ1n) is 5.90. The van der Waals surface area contributed by atoms with E-state index in [0.29, 0.717) is 5.82 Å². The Balaban J connectivity index is 1.94. The molecule has 20 heavy (non-hydrogen) atoms. The summed E-state index contributed by atoms with van der Waals surface area (Å²) in [6.07, 6.45) is 0. The fourth-order valence-electron chi connectivity index (χ4n) is 1.86. The minimum absolute atomic E-state index is 0.0678. The Bertz CT molecular complexity index is 697. The first-order valence-corrected chi connectivity index (χ1v) is 7.97. The maximum absolute atomic E-state index is 13.2. The summed E-state index contributed by atoms with van der Waals surface area (Å²) in [5, 5.41) is 5.28. The second-order valence-electron chi connectivity index (χ2n) is 4.08. The van der Waals surface area contributed by atoms with E-state index in [4.69, 9.17) is 11.6 Å². The molecule has 0 saturated heterocycles. The first kappa shape index (κ1) is 13.5. The molecule has 1 atom stereocenters. The van der Waals surface area contributed by atoms with Crippen LogP contribution in [-0.2, 0) is 0 Å². The normalized spacial score (nSPS) is 12.3. The highest BCUT2D eigenvalue weighted by Crippen LogP contribution is 2.35. The van der Waals surface area contributed by atoms with E-state index in [1.54, 1.807) is 23.5 Å². The fourth-order valence-corrected chi connectivity index (χ4v) is 3.86. The summed E-state index contributed by atoms with van der Waals surface area (Å²) in [6.45, 7) is 0. The van der Waals surface area contributed by atoms with Crippen LogP contribution in [0.2, 0.25) is 4.34 Å². The van der Waals surface area contributed by atoms with Crippen molar-refractivity contribution < 1.29 is 4.39 Å². The van der Waals surface area contributed by atoms with Crippen molar-refractivity contribution in [2.24, 2.45) is 0 Å². The van der Waals surface area contributed by atoms with Crippen molar-refractivity contribution in [3.63, 3.8) is 0 Å². The fraction of sp³-hybridized carbons (Fsp3) is 0.0714. The quantitative estimate of drug-likeness (QED) is 0.667. The Kier molecular flexibility index (Phi) is 4.00. The van der Waals surface area contributed by atoms with Gasteiger partial charge in [0, 0.05) is 9.75 Å². The van der Waals surface area contributed by atoms with Gasteiger partial charge >= 0.3 is 0 Å². The number of nitrogens with one attached hydrogen (secondary N) is 1. The van der Waals surface area contributed by atoms with Gasteiger partial charge in [-0.1, -0.05) is 23.7 Å². The Hall–Kier alpha value is -1.43. The van der Waals surface area contributed by atoms with E-state index in [9.17, 15) is 4.39 Å². The van der Waals surface area contributed by atoms with E-state index in [2.05, 4.69) is 10.3 Å². The molecular formula is C14H10ClFN2S2. The molecule has 0 fully saturated rings. The van der Waals surface area contributed by atoms with E-state index in [1.807, 2.05) is 29.6 Å². The number of thiophene rings is 2. The molecule has 1 N–H and O–H groups in total. The molecule has 0 bridgehead atoms. The van der Waals surface area contributed by atoms with Gasteiger partial charge in [0.25, 0.3) is 0 Å². The third-order valence-corrected chi connectivity index (χ3v) is 4.95. The van der Waals surface area contributed by atoms with Gasteiger partial charge in [-0.2, -0.15) is 4.39 Å². The summed E-state index contributed by atoms with van der Waals surface area (Å²) >= 11 is 9.16. The van der Waals surface area contributed by atoms with Gasteiger partial charge < -0.3 is 5.32 Å². The number of anilines is 1. The SMILES string of the molecule is Fc1cccc(NC(c2cccs2)c2ccc(Cl)s2)n1. The van der Waals surface area contributed by atoms with Crippen LogP contribution in [0.15, 0.2) is 47.8 Å². The van der Waals surface area contributed by atoms with Crippen LogP contribution in [0.25, 0.3) is 0 Å². The van der Waals surface area contributed by atoms with Crippen LogP contribution in [0.5, 0.6) is 0 Å². The smallest absolute Gasteiger partial charge is 0.214 e. The summed E-state index contributed by atoms with van der Waals surface area (Å²) in [5.41, 5.74) is 0. The number of aromatic nitrogens is 1. The lowest BCUT2D eigenvalue weighted by atomic mass is 10.2. The van der Waals surface area contributed by atoms with E-state index in [-0.39, 0.29) is 6.04 Å². The lowest BCUT2D eigenvalue weighted by Crippen LogP contribution is -2.10. The molecule has 0 spiro atoms. The zero-order valence-electron chi connectivity index (χ0n) is 10.2. The van der Waals surface area contributed by atoms with Crippen molar-refractivity contribution in [1.29, 1.82) is 0 Å². The van der Waals surface area contributed by atoms with E-state index in [1.165, 1.54) is 17.4 Å². The molecule has 0 saturated carbocycles. The predicted molar refractivity (Wildman–Crippen MR) is 83.3 cm³/mol. The molecule has 0 radical (unpaired) electrons. The van der Waals surface area contributed by atoms with Crippen LogP contribution in [0, 0.1) is 5.95 Å². The molecule has 0 aliphatic heterocycles. The van der Waals surface area contributed by atoms with Crippen LogP contribution >= 0.6 is 34.3 Å². The Morgan fingerprint density at radius 1 is 1.10 bits per heavy atom. The largest absolute Gasteiger partial charge is 0.357 e. The average Bonchev–Trinajstić information content (AvgIpc) is 3.07. The second-order valence-corrected chi connectivity index (χ2v) is 6.81. The van der Waals surface area contributed by atoms with Gasteiger partial charge in [-0.25, -0.2) is 4.98 Å². The van der Waals surface area contributed by atoms with E-state index < -0.39 is 5.95 Å². The number of halogens is 2. The molecule has 3 heterocycles. The Labute approximate surface area is 128 Å². The topological polar surface area (TPSA) is 24.9 Å². The summed E-state index contributed by atoms with van der Waals surface area (Å²) in [7, 11) is 0. The summed E-state index contributed by atoms with van der Waals surface area (Å²) in [6, 6.07) is 12.5. The molecule has 0 aromatic carbocycles. The Morgan fingerprint density at radius 3 is 2.65 bits per heavy atom. The maximum Gasteiger partial charge on any atom is 0.214 e. The van der Waals surface area contributed by atoms with Crippen molar-refractivity contribution in [2.45, 2.75) is 6.04 Å². The lowest BCUT2D eigenvalue weighted by molar-refractivity contribution is 0.584. The van der Waals surface area contributed by atoms with Crippen molar-refractivity contribution in [1.82, 2.24) is 4.98 Å². The molecule has 0 aliphatic carbocycles. The third kappa shape index (κ3) is 3.00. The zero-order chi connectivity index (χ0) is 13.9. The summed E-state index contributed by atoms with van der Waals surface area (Å²) in [5.74, 6) is 0.0112. The molecule has 6 heteroatoms. The number of hydrogen-bond acceptors (Lipinski definition) is 4. The summed E-state index contributed by atoms with van der Waals surface area (Å²) < 4.78 is 13.9. The summed E-state index contributed by atoms with van der Waals surface area (Å²) in [4.78, 5) is 6.06. The van der Waals surface area contributed by atoms with Crippen molar-refractivity contribution in [3.05, 3.63) is 67.9 Å². The van der Waals surface area contributed by atoms with Gasteiger partial charge in [0.2, 0.25) is 5.95 Å². The zero-order valence-corrected chi connectivity index (χ0v) is 12.6. The molecule has 3 aromatic heterocycles. The number of rotatable bonds is 4. The highest BCUT2D eigenvalue weighted by molar-refractivity contribution is 7.16. The van der Waals surface area contributed by atoms with Crippen LogP contribution < -0.4 is 5.32 Å². The molecule has 3 aromatic rings. The van der Waals surface area contributed by atoms with Gasteiger partial charge in [0.05, 0.1) is 10.4 Å². The van der Waals surface area contributed by atoms with Gasteiger partial charge in [-0.3, -0.25) is 0 Å². The number of pyridine rings is 1. The molecule has 0 amide bonds. The number of nitrogens with zero attached hydrogens (tertiary/aromatic N) is 1. The van der Waals surface area contributed by atoms with Crippen LogP contribution in [0.1, 0.15) is 15.8 Å². The molecule has 0 aliphatic rings. The first-order chi connectivity index (χ1) is 9.72. The van der Waals surface area contributed by atoms with Gasteiger partial charge in [0.1, 0.15) is 5.82 Å². The van der Waals surface area contributed by atoms with Gasteiger partial charge in [-0.05, 0) is 35.7 Å². The van der Waals surface area contributed by atoms with Crippen LogP contribution in [0.3, 0.4) is 0 Å². The molecular weight excluding hydrogens is 315 g/mol. The Morgan fingerprint density at radius 2 is 2.00 bits per heavy atom. The van der Waals surface area contributed by atoms with Crippen molar-refractivity contribution in [2.75, 3.05) is 5.32 Å². The molecule has 102 valence electrons. The van der Waals surface area contributed by atoms with E-state index >= 15 is 0 Å². The van der Waals surface area contributed by atoms with Gasteiger partial charge in [-0.15, -0.1) is 22.7 Å². The second kappa shape index (κ2) is 5.91. The molecule has 3 rings (SSSR count). The van der Waals surface area contributed by atoms with E-state index in [0.717, 1.165) is 14.1 Å². The van der Waals surface area contributed by atoms with Gasteiger partial charge in [0.15, 0.2) is 0 Å². The minimum Gasteiger partial charge on any atom is -0.357 e. The van der Waals surface area contributed by atoms with Crippen LogP contribution in [0.4, 0.5) is 10.2 Å². The van der Waals surface area contributed by atoms with Crippen LogP contribution in [-0.4, -0.2) is 4.98 Å². The number of hydrogen-bond donors (Lipinski definition) is 1. The minimum atomic E-state index is -0.496. The predicted octanol–water partition coefficient (Wildman–Crippen LogP) is 5.20. The van der Waals surface area contributed by atoms with Crippen molar-refractivity contribution in [3.8, 4) is 0 Å². The highest BCUT2D eigenvalue weighted by atomic mass is 35.5. The third-order valence-electron chi connectivity index (χ3n) is 2.71. The molecule has 1 unspecified atom stereocenters. The standard InChI is InChI=1S/C14H10ClFN2S2/c15-11-7-6-10(20-11)14(9-3-2-8-19-9)18-13-5-1-4-12(16)17-13/h1-8,14H,(H,17,18). The monoisotopic (exact) mass is 324 g/mol. The highest BCUT2D eigenvalue weighted by Gasteiger charge is 2.17. The average molecular weight is 325 g/mol. The van der Waals surface area contributed by atoms with Crippen molar-refractivity contribution >= 4 is 40.1 Å². The molecule has 2 nitrogen and oxygen atoms in total. The lowest BCUT2D eigenvalue weighted by Gasteiger charge is -2.16. The maximum atomic E-state index is 13.2.